The molecule has 0 saturated carbocycles. The van der Waals surface area contributed by atoms with Gasteiger partial charge in [0.1, 0.15) is 18.4 Å². The molecule has 2 aromatic carbocycles. The van der Waals surface area contributed by atoms with Gasteiger partial charge in [-0.2, -0.15) is 0 Å². The number of aliphatic carboxylic acids is 1. The highest BCUT2D eigenvalue weighted by Gasteiger charge is 2.24. The monoisotopic (exact) mass is 357 g/mol. The van der Waals surface area contributed by atoms with Crippen molar-refractivity contribution in [2.24, 2.45) is 0 Å². The van der Waals surface area contributed by atoms with Crippen molar-refractivity contribution in [1.82, 2.24) is 5.32 Å². The molecule has 2 aromatic rings. The van der Waals surface area contributed by atoms with E-state index >= 15 is 0 Å². The van der Waals surface area contributed by atoms with Crippen LogP contribution in [0.3, 0.4) is 0 Å². The summed E-state index contributed by atoms with van der Waals surface area (Å²) < 4.78 is 10.2. The van der Waals surface area contributed by atoms with Crippen LogP contribution in [-0.2, 0) is 16.1 Å². The summed E-state index contributed by atoms with van der Waals surface area (Å²) in [7, 11) is 1.59. The fourth-order valence-corrected chi connectivity index (χ4v) is 2.55. The Kier molecular flexibility index (Phi) is 7.02. The third kappa shape index (κ3) is 5.81. The number of hydrogen-bond donors (Lipinski definition) is 2. The first-order chi connectivity index (χ1) is 12.5. The molecule has 0 fully saturated rings. The molecule has 138 valence electrons. The number of carbonyl (C=O) groups is 2. The molecule has 2 N–H and O–H groups in total. The Labute approximate surface area is 152 Å². The molecule has 0 aromatic heterocycles. The average Bonchev–Trinajstić information content (AvgIpc) is 2.66. The minimum atomic E-state index is -1.10. The van der Waals surface area contributed by atoms with Crippen LogP contribution in [-0.4, -0.2) is 30.3 Å². The van der Waals surface area contributed by atoms with Gasteiger partial charge in [-0.05, 0) is 35.6 Å². The van der Waals surface area contributed by atoms with Gasteiger partial charge in [-0.1, -0.05) is 49.4 Å². The molecule has 1 amide bonds. The van der Waals surface area contributed by atoms with Gasteiger partial charge in [0.2, 0.25) is 0 Å². The second-order valence-corrected chi connectivity index (χ2v) is 6.01. The quantitative estimate of drug-likeness (QED) is 0.754. The predicted octanol–water partition coefficient (Wildman–Crippen LogP) is 3.57. The normalized spacial score (nSPS) is 12.7. The zero-order chi connectivity index (χ0) is 18.9. The Balaban J connectivity index is 1.90. The van der Waals surface area contributed by atoms with E-state index in [-0.39, 0.29) is 18.9 Å². The summed E-state index contributed by atoms with van der Waals surface area (Å²) >= 11 is 0. The van der Waals surface area contributed by atoms with E-state index < -0.39 is 18.1 Å². The van der Waals surface area contributed by atoms with E-state index in [1.54, 1.807) is 7.11 Å². The van der Waals surface area contributed by atoms with Gasteiger partial charge in [0.05, 0.1) is 7.11 Å². The maximum Gasteiger partial charge on any atom is 0.408 e. The highest BCUT2D eigenvalue weighted by Crippen LogP contribution is 2.23. The number of carboxylic acids is 1. The molecule has 0 aliphatic heterocycles. The van der Waals surface area contributed by atoms with Crippen molar-refractivity contribution in [3.63, 3.8) is 0 Å². The number of amides is 1. The van der Waals surface area contributed by atoms with Gasteiger partial charge in [0.25, 0.3) is 0 Å². The van der Waals surface area contributed by atoms with E-state index in [4.69, 9.17) is 9.47 Å². The largest absolute Gasteiger partial charge is 0.497 e. The summed E-state index contributed by atoms with van der Waals surface area (Å²) in [5.74, 6) is -0.420. The second-order valence-electron chi connectivity index (χ2n) is 6.01. The lowest BCUT2D eigenvalue weighted by molar-refractivity contribution is -0.139. The molecule has 0 spiro atoms. The van der Waals surface area contributed by atoms with Crippen LogP contribution < -0.4 is 10.1 Å². The SMILES string of the molecule is COc1ccc(C(C)CC(NC(=O)OCc2ccccc2)C(=O)O)cc1. The average molecular weight is 357 g/mol. The van der Waals surface area contributed by atoms with Gasteiger partial charge in [-0.15, -0.1) is 0 Å². The van der Waals surface area contributed by atoms with Gasteiger partial charge in [-0.25, -0.2) is 9.59 Å². The van der Waals surface area contributed by atoms with Gasteiger partial charge in [-0.3, -0.25) is 0 Å². The van der Waals surface area contributed by atoms with Crippen LogP contribution in [0.2, 0.25) is 0 Å². The van der Waals surface area contributed by atoms with Gasteiger partial charge in [0, 0.05) is 0 Å². The summed E-state index contributed by atoms with van der Waals surface area (Å²) in [5, 5.41) is 11.8. The molecule has 2 atom stereocenters. The van der Waals surface area contributed by atoms with E-state index in [1.165, 1.54) is 0 Å². The number of methoxy groups -OCH3 is 1. The summed E-state index contributed by atoms with van der Waals surface area (Å²) in [6, 6.07) is 15.6. The van der Waals surface area contributed by atoms with Crippen molar-refractivity contribution in [3.05, 3.63) is 65.7 Å². The summed E-state index contributed by atoms with van der Waals surface area (Å²) in [5.41, 5.74) is 1.80. The molecule has 2 rings (SSSR count). The van der Waals surface area contributed by atoms with E-state index in [9.17, 15) is 14.7 Å². The van der Waals surface area contributed by atoms with Gasteiger partial charge in [0.15, 0.2) is 0 Å². The fourth-order valence-electron chi connectivity index (χ4n) is 2.55. The van der Waals surface area contributed by atoms with Crippen molar-refractivity contribution in [2.75, 3.05) is 7.11 Å². The number of carbonyl (C=O) groups excluding carboxylic acids is 1. The number of ether oxygens (including phenoxy) is 2. The molecule has 2 unspecified atom stereocenters. The number of nitrogens with one attached hydrogen (secondary N) is 1. The standard InChI is InChI=1S/C20H23NO5/c1-14(16-8-10-17(25-2)11-9-16)12-18(19(22)23)21-20(24)26-13-15-6-4-3-5-7-15/h3-11,14,18H,12-13H2,1-2H3,(H,21,24)(H,22,23). The summed E-state index contributed by atoms with van der Waals surface area (Å²) in [6.45, 7) is 2.00. The third-order valence-electron chi connectivity index (χ3n) is 4.08. The van der Waals surface area contributed by atoms with Crippen LogP contribution in [0.5, 0.6) is 5.75 Å². The van der Waals surface area contributed by atoms with E-state index in [0.29, 0.717) is 0 Å². The fraction of sp³-hybridized carbons (Fsp3) is 0.300. The lowest BCUT2D eigenvalue weighted by atomic mass is 9.94. The minimum absolute atomic E-state index is 0.0589. The molecule has 0 bridgehead atoms. The molecule has 26 heavy (non-hydrogen) atoms. The summed E-state index contributed by atoms with van der Waals surface area (Å²) in [6.07, 6.45) is -0.495. The number of carboxylic acid groups (broad SMARTS) is 1. The van der Waals surface area contributed by atoms with Crippen LogP contribution in [0.15, 0.2) is 54.6 Å². The molecule has 6 nitrogen and oxygen atoms in total. The zero-order valence-electron chi connectivity index (χ0n) is 14.8. The maximum absolute atomic E-state index is 11.9. The van der Waals surface area contributed by atoms with Crippen LogP contribution in [0.25, 0.3) is 0 Å². The van der Waals surface area contributed by atoms with E-state index in [2.05, 4.69) is 5.32 Å². The minimum Gasteiger partial charge on any atom is -0.497 e. The number of hydrogen-bond acceptors (Lipinski definition) is 4. The third-order valence-corrected chi connectivity index (χ3v) is 4.08. The molecule has 6 heteroatoms. The molecular weight excluding hydrogens is 334 g/mol. The Morgan fingerprint density at radius 1 is 1.08 bits per heavy atom. The Bertz CT molecular complexity index is 715. The van der Waals surface area contributed by atoms with E-state index in [1.807, 2.05) is 61.5 Å². The van der Waals surface area contributed by atoms with Crippen molar-refractivity contribution in [3.8, 4) is 5.75 Å². The van der Waals surface area contributed by atoms with Crippen LogP contribution in [0.4, 0.5) is 4.79 Å². The van der Waals surface area contributed by atoms with Crippen LogP contribution >= 0.6 is 0 Å². The van der Waals surface area contributed by atoms with Crippen LogP contribution in [0, 0.1) is 0 Å². The summed E-state index contributed by atoms with van der Waals surface area (Å²) in [4.78, 5) is 23.4. The highest BCUT2D eigenvalue weighted by molar-refractivity contribution is 5.79. The van der Waals surface area contributed by atoms with Crippen molar-refractivity contribution in [1.29, 1.82) is 0 Å². The van der Waals surface area contributed by atoms with Gasteiger partial charge < -0.3 is 19.9 Å². The smallest absolute Gasteiger partial charge is 0.408 e. The lowest BCUT2D eigenvalue weighted by Gasteiger charge is -2.19. The maximum atomic E-state index is 11.9. The highest BCUT2D eigenvalue weighted by atomic mass is 16.5. The van der Waals surface area contributed by atoms with Crippen LogP contribution in [0.1, 0.15) is 30.4 Å². The lowest BCUT2D eigenvalue weighted by Crippen LogP contribution is -2.41. The van der Waals surface area contributed by atoms with Gasteiger partial charge >= 0.3 is 12.1 Å². The zero-order valence-corrected chi connectivity index (χ0v) is 14.8. The number of rotatable bonds is 8. The van der Waals surface area contributed by atoms with Crippen molar-refractivity contribution >= 4 is 12.1 Å². The first-order valence-electron chi connectivity index (χ1n) is 8.33. The molecular formula is C20H23NO5. The number of alkyl carbamates (subject to hydrolysis) is 1. The Morgan fingerprint density at radius 2 is 1.73 bits per heavy atom. The van der Waals surface area contributed by atoms with E-state index in [0.717, 1.165) is 16.9 Å². The molecule has 0 aliphatic carbocycles. The Morgan fingerprint density at radius 3 is 2.31 bits per heavy atom. The number of benzene rings is 2. The first-order valence-corrected chi connectivity index (χ1v) is 8.33. The molecule has 0 radical (unpaired) electrons. The van der Waals surface area contributed by atoms with Crippen molar-refractivity contribution in [2.45, 2.75) is 31.9 Å². The second kappa shape index (κ2) is 9.46. The molecule has 0 heterocycles. The predicted molar refractivity (Wildman–Crippen MR) is 97.2 cm³/mol. The topological polar surface area (TPSA) is 84.9 Å². The molecule has 0 saturated heterocycles. The molecule has 0 aliphatic rings. The van der Waals surface area contributed by atoms with Crippen molar-refractivity contribution < 1.29 is 24.2 Å². The first kappa shape index (κ1) is 19.3. The Hall–Kier alpha value is -3.02.